The smallest absolute Gasteiger partial charge is 0.310 e. The zero-order chi connectivity index (χ0) is 12.5. The molecule has 0 unspecified atom stereocenters. The lowest BCUT2D eigenvalue weighted by molar-refractivity contribution is -0.149. The molecule has 0 saturated heterocycles. The number of ether oxygens (including phenoxy) is 3. The first-order valence-corrected chi connectivity index (χ1v) is 5.51. The lowest BCUT2D eigenvalue weighted by atomic mass is 10.2. The van der Waals surface area contributed by atoms with E-state index in [2.05, 4.69) is 4.74 Å². The van der Waals surface area contributed by atoms with Crippen LogP contribution in [0.3, 0.4) is 0 Å². The number of hydrogen-bond donors (Lipinski definition) is 0. The quantitative estimate of drug-likeness (QED) is 0.414. The summed E-state index contributed by atoms with van der Waals surface area (Å²) in [6.45, 7) is 2.74. The van der Waals surface area contributed by atoms with Gasteiger partial charge in [0.15, 0.2) is 0 Å². The van der Waals surface area contributed by atoms with Crippen molar-refractivity contribution in [3.63, 3.8) is 0 Å². The van der Waals surface area contributed by atoms with E-state index >= 15 is 0 Å². The minimum Gasteiger partial charge on any atom is -0.469 e. The van der Waals surface area contributed by atoms with Crippen LogP contribution in [0.25, 0.3) is 0 Å². The molecular formula is C13H18O4. The summed E-state index contributed by atoms with van der Waals surface area (Å²) in [5.74, 6) is -0.534. The molecule has 0 aromatic heterocycles. The highest BCUT2D eigenvalue weighted by Crippen LogP contribution is 2.02. The third-order valence-corrected chi connectivity index (χ3v) is 2.25. The maximum atomic E-state index is 11.1. The summed E-state index contributed by atoms with van der Waals surface area (Å²) in [5, 5.41) is 0. The number of hydrogen-bond acceptors (Lipinski definition) is 4. The summed E-state index contributed by atoms with van der Waals surface area (Å²) >= 11 is 0. The molecule has 1 aromatic carbocycles. The average molecular weight is 238 g/mol. The first kappa shape index (κ1) is 13.7. The summed E-state index contributed by atoms with van der Waals surface area (Å²) < 4.78 is 15.1. The topological polar surface area (TPSA) is 44.8 Å². The number of benzene rings is 1. The predicted molar refractivity (Wildman–Crippen MR) is 63.2 cm³/mol. The van der Waals surface area contributed by atoms with E-state index in [0.717, 1.165) is 5.56 Å². The average Bonchev–Trinajstić information content (AvgIpc) is 2.38. The van der Waals surface area contributed by atoms with Crippen molar-refractivity contribution in [2.45, 2.75) is 13.5 Å². The van der Waals surface area contributed by atoms with Gasteiger partial charge in [-0.25, -0.2) is 0 Å². The number of carbonyl (C=O) groups excluding carboxylic acids is 1. The normalized spacial score (nSPS) is 12.1. The Labute approximate surface area is 101 Å². The minimum atomic E-state index is -0.270. The van der Waals surface area contributed by atoms with Gasteiger partial charge in [-0.3, -0.25) is 4.79 Å². The molecule has 0 aliphatic heterocycles. The number of carbonyl (C=O) groups is 1. The van der Waals surface area contributed by atoms with Crippen LogP contribution in [0, 0.1) is 5.92 Å². The van der Waals surface area contributed by atoms with E-state index in [0.29, 0.717) is 13.2 Å². The molecular weight excluding hydrogens is 220 g/mol. The Morgan fingerprint density at radius 3 is 2.59 bits per heavy atom. The maximum Gasteiger partial charge on any atom is 0.310 e. The molecule has 0 N–H and O–H groups in total. The van der Waals surface area contributed by atoms with Crippen molar-refractivity contribution >= 4 is 5.97 Å². The summed E-state index contributed by atoms with van der Waals surface area (Å²) in [6.07, 6.45) is 0. The molecule has 17 heavy (non-hydrogen) atoms. The second kappa shape index (κ2) is 7.81. The molecule has 0 radical (unpaired) electrons. The molecule has 0 bridgehead atoms. The highest BCUT2D eigenvalue weighted by Gasteiger charge is 2.12. The molecule has 0 fully saturated rings. The Morgan fingerprint density at radius 2 is 1.94 bits per heavy atom. The third-order valence-electron chi connectivity index (χ3n) is 2.25. The standard InChI is InChI=1S/C13H18O4/c1-11(13(14)15-2)8-16-10-17-9-12-6-4-3-5-7-12/h3-7,11H,8-10H2,1-2H3/t11-/m1/s1. The lowest BCUT2D eigenvalue weighted by Gasteiger charge is -2.10. The van der Waals surface area contributed by atoms with Crippen molar-refractivity contribution in [2.24, 2.45) is 5.92 Å². The molecule has 4 nitrogen and oxygen atoms in total. The first-order valence-electron chi connectivity index (χ1n) is 5.51. The van der Waals surface area contributed by atoms with Gasteiger partial charge in [0.05, 0.1) is 26.2 Å². The zero-order valence-electron chi connectivity index (χ0n) is 10.2. The van der Waals surface area contributed by atoms with Crippen LogP contribution in [0.1, 0.15) is 12.5 Å². The van der Waals surface area contributed by atoms with Crippen LogP contribution < -0.4 is 0 Å². The predicted octanol–water partition coefficient (Wildman–Crippen LogP) is 1.99. The summed E-state index contributed by atoms with van der Waals surface area (Å²) in [4.78, 5) is 11.1. The van der Waals surface area contributed by atoms with E-state index in [1.807, 2.05) is 30.3 Å². The Kier molecular flexibility index (Phi) is 6.29. The molecule has 1 atom stereocenters. The lowest BCUT2D eigenvalue weighted by Crippen LogP contribution is -2.19. The fourth-order valence-corrected chi connectivity index (χ4v) is 1.29. The summed E-state index contributed by atoms with van der Waals surface area (Å²) in [5.41, 5.74) is 1.09. The van der Waals surface area contributed by atoms with Crippen molar-refractivity contribution in [1.82, 2.24) is 0 Å². The van der Waals surface area contributed by atoms with E-state index < -0.39 is 0 Å². The molecule has 0 aliphatic carbocycles. The van der Waals surface area contributed by atoms with Crippen molar-refractivity contribution < 1.29 is 19.0 Å². The number of esters is 1. The van der Waals surface area contributed by atoms with Gasteiger partial charge in [0.2, 0.25) is 0 Å². The van der Waals surface area contributed by atoms with Gasteiger partial charge in [-0.05, 0) is 12.5 Å². The number of methoxy groups -OCH3 is 1. The Balaban J connectivity index is 2.07. The summed E-state index contributed by atoms with van der Waals surface area (Å²) in [7, 11) is 1.37. The van der Waals surface area contributed by atoms with Crippen LogP contribution in [0.2, 0.25) is 0 Å². The fraction of sp³-hybridized carbons (Fsp3) is 0.462. The van der Waals surface area contributed by atoms with Crippen LogP contribution in [0.4, 0.5) is 0 Å². The Hall–Kier alpha value is -1.39. The van der Waals surface area contributed by atoms with E-state index in [1.54, 1.807) is 6.92 Å². The van der Waals surface area contributed by atoms with E-state index in [9.17, 15) is 4.79 Å². The van der Waals surface area contributed by atoms with Crippen molar-refractivity contribution in [1.29, 1.82) is 0 Å². The third kappa shape index (κ3) is 5.47. The SMILES string of the molecule is COC(=O)[C@H](C)COCOCc1ccccc1. The van der Waals surface area contributed by atoms with Crippen LogP contribution in [0.15, 0.2) is 30.3 Å². The fourth-order valence-electron chi connectivity index (χ4n) is 1.29. The second-order valence-electron chi connectivity index (χ2n) is 3.75. The van der Waals surface area contributed by atoms with Crippen molar-refractivity contribution in [2.75, 3.05) is 20.5 Å². The van der Waals surface area contributed by atoms with Crippen molar-refractivity contribution in [3.05, 3.63) is 35.9 Å². The van der Waals surface area contributed by atoms with Gasteiger partial charge < -0.3 is 14.2 Å². The van der Waals surface area contributed by atoms with Crippen LogP contribution in [-0.2, 0) is 25.6 Å². The van der Waals surface area contributed by atoms with Gasteiger partial charge in [0, 0.05) is 0 Å². The molecule has 0 saturated carbocycles. The molecule has 0 spiro atoms. The van der Waals surface area contributed by atoms with Gasteiger partial charge >= 0.3 is 5.97 Å². The van der Waals surface area contributed by atoms with E-state index in [-0.39, 0.29) is 18.7 Å². The molecule has 4 heteroatoms. The largest absolute Gasteiger partial charge is 0.469 e. The van der Waals surface area contributed by atoms with Gasteiger partial charge in [-0.15, -0.1) is 0 Å². The molecule has 94 valence electrons. The monoisotopic (exact) mass is 238 g/mol. The number of rotatable bonds is 7. The van der Waals surface area contributed by atoms with Crippen LogP contribution >= 0.6 is 0 Å². The van der Waals surface area contributed by atoms with Gasteiger partial charge in [0.1, 0.15) is 6.79 Å². The highest BCUT2D eigenvalue weighted by atomic mass is 16.7. The highest BCUT2D eigenvalue weighted by molar-refractivity contribution is 5.71. The van der Waals surface area contributed by atoms with Crippen molar-refractivity contribution in [3.8, 4) is 0 Å². The summed E-state index contributed by atoms with van der Waals surface area (Å²) in [6, 6.07) is 9.84. The minimum absolute atomic E-state index is 0.177. The Morgan fingerprint density at radius 1 is 1.24 bits per heavy atom. The van der Waals surface area contributed by atoms with Gasteiger partial charge in [0.25, 0.3) is 0 Å². The van der Waals surface area contributed by atoms with Crippen LogP contribution in [0.5, 0.6) is 0 Å². The first-order chi connectivity index (χ1) is 8.24. The molecule has 0 aliphatic rings. The van der Waals surface area contributed by atoms with E-state index in [1.165, 1.54) is 7.11 Å². The molecule has 1 rings (SSSR count). The molecule has 0 amide bonds. The molecule has 1 aromatic rings. The van der Waals surface area contributed by atoms with Gasteiger partial charge in [-0.1, -0.05) is 30.3 Å². The Bertz CT molecular complexity index is 323. The molecule has 0 heterocycles. The van der Waals surface area contributed by atoms with Crippen LogP contribution in [-0.4, -0.2) is 26.5 Å². The zero-order valence-corrected chi connectivity index (χ0v) is 10.2. The van der Waals surface area contributed by atoms with E-state index in [4.69, 9.17) is 9.47 Å². The van der Waals surface area contributed by atoms with Gasteiger partial charge in [-0.2, -0.15) is 0 Å². The maximum absolute atomic E-state index is 11.1. The second-order valence-corrected chi connectivity index (χ2v) is 3.75.